The number of rotatable bonds is 12. The van der Waals surface area contributed by atoms with Crippen molar-refractivity contribution in [3.05, 3.63) is 61.2 Å². The molecule has 152 valence electrons. The van der Waals surface area contributed by atoms with Crippen molar-refractivity contribution in [3.8, 4) is 17.1 Å². The molecule has 1 heterocycles. The van der Waals surface area contributed by atoms with Gasteiger partial charge in [0, 0.05) is 6.08 Å². The minimum atomic E-state index is -0.454. The molecular formula is C22H24N2O5. The number of fused-ring (bicyclic) bond motifs is 1. The van der Waals surface area contributed by atoms with E-state index in [9.17, 15) is 4.79 Å². The number of carbonyl (C=O) groups excluding carboxylic acids is 1. The van der Waals surface area contributed by atoms with Gasteiger partial charge in [0.1, 0.15) is 24.8 Å². The first-order valence-electron chi connectivity index (χ1n) is 9.39. The van der Waals surface area contributed by atoms with Gasteiger partial charge >= 0.3 is 5.97 Å². The summed E-state index contributed by atoms with van der Waals surface area (Å²) in [4.78, 5) is 18.8. The molecule has 7 heteroatoms. The third-order valence-corrected chi connectivity index (χ3v) is 4.03. The minimum Gasteiger partial charge on any atom is -0.490 e. The van der Waals surface area contributed by atoms with E-state index in [1.165, 1.54) is 0 Å². The van der Waals surface area contributed by atoms with Crippen LogP contribution in [0.2, 0.25) is 0 Å². The fourth-order valence-corrected chi connectivity index (χ4v) is 2.66. The maximum Gasteiger partial charge on any atom is 0.330 e. The first kappa shape index (κ1) is 20.6. The van der Waals surface area contributed by atoms with Crippen molar-refractivity contribution < 1.29 is 23.7 Å². The molecule has 0 atom stereocenters. The predicted molar refractivity (Wildman–Crippen MR) is 110 cm³/mol. The van der Waals surface area contributed by atoms with Gasteiger partial charge in [-0.25, -0.2) is 9.78 Å². The minimum absolute atomic E-state index is 0.201. The van der Waals surface area contributed by atoms with Crippen molar-refractivity contribution in [1.29, 1.82) is 0 Å². The van der Waals surface area contributed by atoms with E-state index in [1.54, 1.807) is 0 Å². The van der Waals surface area contributed by atoms with Gasteiger partial charge in [0.25, 0.3) is 0 Å². The number of aromatic amines is 1. The smallest absolute Gasteiger partial charge is 0.330 e. The Kier molecular flexibility index (Phi) is 7.80. The lowest BCUT2D eigenvalue weighted by molar-refractivity contribution is -0.139. The molecule has 0 aliphatic heterocycles. The van der Waals surface area contributed by atoms with Crippen molar-refractivity contribution in [3.63, 3.8) is 0 Å². The van der Waals surface area contributed by atoms with Crippen molar-refractivity contribution in [2.75, 3.05) is 39.6 Å². The number of carbonyl (C=O) groups is 1. The molecule has 0 aliphatic rings. The van der Waals surface area contributed by atoms with Crippen molar-refractivity contribution in [2.45, 2.75) is 0 Å². The van der Waals surface area contributed by atoms with Crippen LogP contribution in [0.3, 0.4) is 0 Å². The summed E-state index contributed by atoms with van der Waals surface area (Å²) in [6, 6.07) is 15.7. The molecular weight excluding hydrogens is 372 g/mol. The van der Waals surface area contributed by atoms with E-state index in [4.69, 9.17) is 18.9 Å². The summed E-state index contributed by atoms with van der Waals surface area (Å²) in [6.07, 6.45) is 1.12. The van der Waals surface area contributed by atoms with Crippen LogP contribution < -0.4 is 4.74 Å². The van der Waals surface area contributed by atoms with Crippen LogP contribution in [0, 0.1) is 0 Å². The second-order valence-corrected chi connectivity index (χ2v) is 6.04. The van der Waals surface area contributed by atoms with E-state index in [0.29, 0.717) is 33.0 Å². The predicted octanol–water partition coefficient (Wildman–Crippen LogP) is 3.37. The highest BCUT2D eigenvalue weighted by Gasteiger charge is 2.10. The zero-order chi connectivity index (χ0) is 20.3. The van der Waals surface area contributed by atoms with Crippen molar-refractivity contribution in [1.82, 2.24) is 9.97 Å². The summed E-state index contributed by atoms with van der Waals surface area (Å²) in [6.45, 7) is 5.54. The van der Waals surface area contributed by atoms with E-state index in [-0.39, 0.29) is 6.61 Å². The van der Waals surface area contributed by atoms with Gasteiger partial charge in [-0.2, -0.15) is 0 Å². The van der Waals surface area contributed by atoms with Gasteiger partial charge in [-0.3, -0.25) is 0 Å². The molecule has 3 rings (SSSR count). The maximum atomic E-state index is 10.9. The normalized spacial score (nSPS) is 10.8. The number of H-pyrrole nitrogens is 1. The quantitative estimate of drug-likeness (QED) is 0.287. The topological polar surface area (TPSA) is 82.7 Å². The number of hydrogen-bond donors (Lipinski definition) is 1. The van der Waals surface area contributed by atoms with Crippen LogP contribution in [0.15, 0.2) is 61.2 Å². The van der Waals surface area contributed by atoms with Crippen LogP contribution in [-0.2, 0) is 19.0 Å². The highest BCUT2D eigenvalue weighted by Crippen LogP contribution is 2.29. The van der Waals surface area contributed by atoms with Gasteiger partial charge < -0.3 is 23.9 Å². The first-order chi connectivity index (χ1) is 14.3. The second-order valence-electron chi connectivity index (χ2n) is 6.04. The maximum absolute atomic E-state index is 10.9. The van der Waals surface area contributed by atoms with Crippen LogP contribution in [-0.4, -0.2) is 55.6 Å². The Bertz CT molecular complexity index is 905. The molecule has 7 nitrogen and oxygen atoms in total. The number of nitrogens with zero attached hydrogens (tertiary/aromatic N) is 1. The summed E-state index contributed by atoms with van der Waals surface area (Å²) in [5, 5.41) is 0. The van der Waals surface area contributed by atoms with Gasteiger partial charge in [-0.1, -0.05) is 30.8 Å². The summed E-state index contributed by atoms with van der Waals surface area (Å²) in [7, 11) is 0. The number of benzene rings is 2. The highest BCUT2D eigenvalue weighted by molar-refractivity contribution is 5.81. The van der Waals surface area contributed by atoms with Gasteiger partial charge in [-0.15, -0.1) is 0 Å². The SMILES string of the molecule is C=CC(=O)OCCOCCOCCOc1ccccc1-c1nc2ccccc2[nH]1. The van der Waals surface area contributed by atoms with E-state index in [2.05, 4.69) is 16.5 Å². The van der Waals surface area contributed by atoms with Gasteiger partial charge in [-0.05, 0) is 24.3 Å². The van der Waals surface area contributed by atoms with Crippen molar-refractivity contribution in [2.24, 2.45) is 0 Å². The number of aromatic nitrogens is 2. The lowest BCUT2D eigenvalue weighted by Gasteiger charge is -2.10. The number of hydrogen-bond acceptors (Lipinski definition) is 6. The second kappa shape index (κ2) is 11.0. The third kappa shape index (κ3) is 6.17. The summed E-state index contributed by atoms with van der Waals surface area (Å²) < 4.78 is 21.5. The van der Waals surface area contributed by atoms with E-state index < -0.39 is 5.97 Å². The molecule has 0 saturated carbocycles. The zero-order valence-corrected chi connectivity index (χ0v) is 16.1. The molecule has 1 N–H and O–H groups in total. The van der Waals surface area contributed by atoms with E-state index in [1.807, 2.05) is 48.5 Å². The van der Waals surface area contributed by atoms with Gasteiger partial charge in [0.05, 0.1) is 43.0 Å². The van der Waals surface area contributed by atoms with E-state index in [0.717, 1.165) is 34.2 Å². The Morgan fingerprint density at radius 3 is 2.41 bits per heavy atom. The molecule has 0 bridgehead atoms. The molecule has 29 heavy (non-hydrogen) atoms. The lowest BCUT2D eigenvalue weighted by atomic mass is 10.2. The monoisotopic (exact) mass is 396 g/mol. The van der Waals surface area contributed by atoms with Gasteiger partial charge in [0.2, 0.25) is 0 Å². The highest BCUT2D eigenvalue weighted by atomic mass is 16.6. The molecule has 3 aromatic rings. The molecule has 0 amide bonds. The fraction of sp³-hybridized carbons (Fsp3) is 0.273. The largest absolute Gasteiger partial charge is 0.490 e. The van der Waals surface area contributed by atoms with Crippen LogP contribution in [0.25, 0.3) is 22.4 Å². The third-order valence-electron chi connectivity index (χ3n) is 4.03. The molecule has 0 fully saturated rings. The summed E-state index contributed by atoms with van der Waals surface area (Å²) in [5.74, 6) is 1.06. The van der Waals surface area contributed by atoms with Crippen LogP contribution in [0.4, 0.5) is 0 Å². The number of esters is 1. The molecule has 0 unspecified atom stereocenters. The zero-order valence-electron chi connectivity index (χ0n) is 16.1. The van der Waals surface area contributed by atoms with Crippen LogP contribution in [0.1, 0.15) is 0 Å². The first-order valence-corrected chi connectivity index (χ1v) is 9.39. The lowest BCUT2D eigenvalue weighted by Crippen LogP contribution is -2.13. The molecule has 2 aromatic carbocycles. The number of nitrogens with one attached hydrogen (secondary N) is 1. The standard InChI is InChI=1S/C22H24N2O5/c1-2-21(25)29-16-14-27-12-11-26-13-15-28-20-10-6-3-7-17(20)22-23-18-8-4-5-9-19(18)24-22/h2-10H,1,11-16H2,(H,23,24). The Labute approximate surface area is 169 Å². The number of para-hydroxylation sites is 3. The number of ether oxygens (including phenoxy) is 4. The summed E-state index contributed by atoms with van der Waals surface area (Å²) >= 11 is 0. The Hall–Kier alpha value is -3.16. The average Bonchev–Trinajstić information content (AvgIpc) is 3.19. The molecule has 0 spiro atoms. The van der Waals surface area contributed by atoms with Crippen molar-refractivity contribution >= 4 is 17.0 Å². The molecule has 0 aliphatic carbocycles. The Balaban J connectivity index is 1.38. The van der Waals surface area contributed by atoms with Crippen LogP contribution >= 0.6 is 0 Å². The van der Waals surface area contributed by atoms with Gasteiger partial charge in [0.15, 0.2) is 0 Å². The fourth-order valence-electron chi connectivity index (χ4n) is 2.66. The Morgan fingerprint density at radius 1 is 0.931 bits per heavy atom. The Morgan fingerprint density at radius 2 is 1.62 bits per heavy atom. The number of imidazole rings is 1. The summed E-state index contributed by atoms with van der Waals surface area (Å²) in [5.41, 5.74) is 2.81. The van der Waals surface area contributed by atoms with Crippen LogP contribution in [0.5, 0.6) is 5.75 Å². The average molecular weight is 396 g/mol. The molecule has 0 radical (unpaired) electrons. The molecule has 1 aromatic heterocycles. The molecule has 0 saturated heterocycles. The van der Waals surface area contributed by atoms with E-state index >= 15 is 0 Å².